The molecular formula is C16H14N4O2S. The van der Waals surface area contributed by atoms with Gasteiger partial charge in [0.1, 0.15) is 5.40 Å². The zero-order chi connectivity index (χ0) is 16.7. The van der Waals surface area contributed by atoms with E-state index in [1.807, 2.05) is 5.40 Å². The number of nitriles is 1. The van der Waals surface area contributed by atoms with Crippen LogP contribution in [-0.4, -0.2) is 11.9 Å². The van der Waals surface area contributed by atoms with Crippen LogP contribution in [0, 0.1) is 10.7 Å². The molecule has 2 aromatic rings. The van der Waals surface area contributed by atoms with Gasteiger partial charge in [-0.05, 0) is 54.2 Å². The van der Waals surface area contributed by atoms with Gasteiger partial charge in [-0.25, -0.2) is 4.79 Å². The Kier molecular flexibility index (Phi) is 5.61. The number of anilines is 3. The number of nitrogens with one attached hydrogen (secondary N) is 3. The molecule has 0 saturated carbocycles. The SMILES string of the molecule is CC(=O)Nc1cccc(NC(=O)Nc2ccc(SC#N)cc2)c1. The van der Waals surface area contributed by atoms with Crippen LogP contribution in [0.3, 0.4) is 0 Å². The van der Waals surface area contributed by atoms with Gasteiger partial charge in [0.25, 0.3) is 0 Å². The lowest BCUT2D eigenvalue weighted by molar-refractivity contribution is -0.114. The van der Waals surface area contributed by atoms with Crippen molar-refractivity contribution in [1.29, 1.82) is 5.26 Å². The van der Waals surface area contributed by atoms with E-state index in [0.29, 0.717) is 17.1 Å². The van der Waals surface area contributed by atoms with E-state index >= 15 is 0 Å². The Bertz CT molecular complexity index is 753. The third-order valence-electron chi connectivity index (χ3n) is 2.72. The average Bonchev–Trinajstić information content (AvgIpc) is 2.49. The number of nitrogens with zero attached hydrogens (tertiary/aromatic N) is 1. The summed E-state index contributed by atoms with van der Waals surface area (Å²) in [6.07, 6.45) is 0. The first-order chi connectivity index (χ1) is 11.1. The predicted molar refractivity (Wildman–Crippen MR) is 91.3 cm³/mol. The molecule has 0 bridgehead atoms. The second-order valence-electron chi connectivity index (χ2n) is 4.56. The lowest BCUT2D eigenvalue weighted by atomic mass is 10.2. The molecule has 2 rings (SSSR count). The second kappa shape index (κ2) is 7.87. The summed E-state index contributed by atoms with van der Waals surface area (Å²) < 4.78 is 0. The summed E-state index contributed by atoms with van der Waals surface area (Å²) >= 11 is 1.05. The van der Waals surface area contributed by atoms with E-state index in [0.717, 1.165) is 16.7 Å². The number of hydrogen-bond donors (Lipinski definition) is 3. The Hall–Kier alpha value is -2.98. The molecular weight excluding hydrogens is 312 g/mol. The molecule has 0 aliphatic carbocycles. The predicted octanol–water partition coefficient (Wildman–Crippen LogP) is 3.86. The third-order valence-corrected chi connectivity index (χ3v) is 3.32. The Morgan fingerprint density at radius 2 is 1.57 bits per heavy atom. The molecule has 0 aliphatic rings. The van der Waals surface area contributed by atoms with E-state index in [9.17, 15) is 9.59 Å². The normalized spacial score (nSPS) is 9.57. The highest BCUT2D eigenvalue weighted by Gasteiger charge is 2.04. The van der Waals surface area contributed by atoms with Crippen LogP contribution in [0.4, 0.5) is 21.9 Å². The molecule has 3 N–H and O–H groups in total. The maximum absolute atomic E-state index is 12.0. The molecule has 0 radical (unpaired) electrons. The molecule has 3 amide bonds. The van der Waals surface area contributed by atoms with Crippen LogP contribution in [0.15, 0.2) is 53.4 Å². The lowest BCUT2D eigenvalue weighted by Crippen LogP contribution is -2.19. The van der Waals surface area contributed by atoms with Crippen LogP contribution in [0.25, 0.3) is 0 Å². The number of carbonyl (C=O) groups is 2. The van der Waals surface area contributed by atoms with Crippen molar-refractivity contribution in [2.45, 2.75) is 11.8 Å². The van der Waals surface area contributed by atoms with Gasteiger partial charge in [-0.2, -0.15) is 5.26 Å². The third kappa shape index (κ3) is 5.37. The summed E-state index contributed by atoms with van der Waals surface area (Å²) in [5, 5.41) is 18.6. The topological polar surface area (TPSA) is 94.0 Å². The Morgan fingerprint density at radius 1 is 0.957 bits per heavy atom. The van der Waals surface area contributed by atoms with Crippen LogP contribution < -0.4 is 16.0 Å². The smallest absolute Gasteiger partial charge is 0.323 e. The Balaban J connectivity index is 1.96. The molecule has 6 nitrogen and oxygen atoms in total. The minimum Gasteiger partial charge on any atom is -0.326 e. The summed E-state index contributed by atoms with van der Waals surface area (Å²) in [5.74, 6) is -0.179. The van der Waals surface area contributed by atoms with Gasteiger partial charge in [0.2, 0.25) is 5.91 Å². The Morgan fingerprint density at radius 3 is 2.17 bits per heavy atom. The molecule has 0 heterocycles. The van der Waals surface area contributed by atoms with Crippen LogP contribution in [0.1, 0.15) is 6.92 Å². The van der Waals surface area contributed by atoms with Crippen molar-refractivity contribution in [3.63, 3.8) is 0 Å². The molecule has 2 aromatic carbocycles. The molecule has 0 unspecified atom stereocenters. The van der Waals surface area contributed by atoms with Gasteiger partial charge < -0.3 is 16.0 Å². The first-order valence-electron chi connectivity index (χ1n) is 6.68. The number of thiocyanates is 1. The number of carbonyl (C=O) groups excluding carboxylic acids is 2. The largest absolute Gasteiger partial charge is 0.326 e. The number of benzene rings is 2. The van der Waals surface area contributed by atoms with Gasteiger partial charge in [-0.3, -0.25) is 4.79 Å². The van der Waals surface area contributed by atoms with Crippen molar-refractivity contribution in [3.8, 4) is 5.40 Å². The summed E-state index contributed by atoms with van der Waals surface area (Å²) in [6.45, 7) is 1.42. The minimum absolute atomic E-state index is 0.179. The monoisotopic (exact) mass is 326 g/mol. The van der Waals surface area contributed by atoms with E-state index < -0.39 is 6.03 Å². The van der Waals surface area contributed by atoms with Crippen LogP contribution in [0.5, 0.6) is 0 Å². The van der Waals surface area contributed by atoms with E-state index in [4.69, 9.17) is 5.26 Å². The van der Waals surface area contributed by atoms with E-state index in [1.54, 1.807) is 48.5 Å². The standard InChI is InChI=1S/C16H14N4O2S/c1-11(21)18-13-3-2-4-14(9-13)20-16(22)19-12-5-7-15(8-6-12)23-10-17/h2-9H,1H3,(H,18,21)(H2,19,20,22). The molecule has 0 spiro atoms. The second-order valence-corrected chi connectivity index (χ2v) is 5.42. The minimum atomic E-state index is -0.398. The lowest BCUT2D eigenvalue weighted by Gasteiger charge is -2.09. The van der Waals surface area contributed by atoms with E-state index in [-0.39, 0.29) is 5.91 Å². The summed E-state index contributed by atoms with van der Waals surface area (Å²) in [6, 6.07) is 13.4. The first kappa shape index (κ1) is 16.4. The summed E-state index contributed by atoms with van der Waals surface area (Å²) in [5.41, 5.74) is 1.78. The fourth-order valence-corrected chi connectivity index (χ4v) is 2.21. The number of urea groups is 1. The molecule has 0 atom stereocenters. The highest BCUT2D eigenvalue weighted by atomic mass is 32.2. The maximum atomic E-state index is 12.0. The molecule has 0 saturated heterocycles. The van der Waals surface area contributed by atoms with E-state index in [2.05, 4.69) is 16.0 Å². The number of hydrogen-bond acceptors (Lipinski definition) is 4. The van der Waals surface area contributed by atoms with Gasteiger partial charge in [-0.1, -0.05) is 6.07 Å². The van der Waals surface area contributed by atoms with Crippen molar-refractivity contribution in [2.75, 3.05) is 16.0 Å². The van der Waals surface area contributed by atoms with E-state index in [1.165, 1.54) is 6.92 Å². The zero-order valence-electron chi connectivity index (χ0n) is 12.3. The van der Waals surface area contributed by atoms with Gasteiger partial charge in [0, 0.05) is 28.9 Å². The Labute approximate surface area is 137 Å². The van der Waals surface area contributed by atoms with Gasteiger partial charge in [0.05, 0.1) is 0 Å². The van der Waals surface area contributed by atoms with Crippen LogP contribution in [-0.2, 0) is 4.79 Å². The zero-order valence-corrected chi connectivity index (χ0v) is 13.1. The maximum Gasteiger partial charge on any atom is 0.323 e. The number of thioether (sulfide) groups is 1. The average molecular weight is 326 g/mol. The van der Waals surface area contributed by atoms with Crippen molar-refractivity contribution in [3.05, 3.63) is 48.5 Å². The fourth-order valence-electron chi connectivity index (χ4n) is 1.83. The van der Waals surface area contributed by atoms with Crippen molar-refractivity contribution < 1.29 is 9.59 Å². The molecule has 7 heteroatoms. The molecule has 0 aliphatic heterocycles. The molecule has 116 valence electrons. The highest BCUT2D eigenvalue weighted by Crippen LogP contribution is 2.19. The van der Waals surface area contributed by atoms with Crippen molar-refractivity contribution in [2.24, 2.45) is 0 Å². The van der Waals surface area contributed by atoms with Crippen molar-refractivity contribution >= 4 is 40.8 Å². The van der Waals surface area contributed by atoms with Gasteiger partial charge >= 0.3 is 6.03 Å². The van der Waals surface area contributed by atoms with Crippen LogP contribution >= 0.6 is 11.8 Å². The van der Waals surface area contributed by atoms with Gasteiger partial charge in [-0.15, -0.1) is 0 Å². The summed E-state index contributed by atoms with van der Waals surface area (Å²) in [7, 11) is 0. The van der Waals surface area contributed by atoms with Crippen molar-refractivity contribution in [1.82, 2.24) is 0 Å². The highest BCUT2D eigenvalue weighted by molar-refractivity contribution is 8.03. The van der Waals surface area contributed by atoms with Gasteiger partial charge in [0.15, 0.2) is 0 Å². The summed E-state index contributed by atoms with van der Waals surface area (Å²) in [4.78, 5) is 23.8. The fraction of sp³-hybridized carbons (Fsp3) is 0.0625. The van der Waals surface area contributed by atoms with Crippen LogP contribution in [0.2, 0.25) is 0 Å². The number of rotatable bonds is 4. The first-order valence-corrected chi connectivity index (χ1v) is 7.50. The molecule has 0 aromatic heterocycles. The molecule has 23 heavy (non-hydrogen) atoms. The quantitative estimate of drug-likeness (QED) is 0.587. The number of amides is 3. The molecule has 0 fully saturated rings.